The molecule has 0 unspecified atom stereocenters. The summed E-state index contributed by atoms with van der Waals surface area (Å²) in [5.74, 6) is 0. The van der Waals surface area contributed by atoms with Gasteiger partial charge in [0.05, 0.1) is 23.8 Å². The van der Waals surface area contributed by atoms with E-state index in [1.165, 1.54) is 0 Å². The number of anilines is 1. The van der Waals surface area contributed by atoms with Crippen molar-refractivity contribution in [1.82, 2.24) is 29.7 Å². The highest BCUT2D eigenvalue weighted by molar-refractivity contribution is 5.90. The number of hydrogen-bond donors (Lipinski definition) is 2. The summed E-state index contributed by atoms with van der Waals surface area (Å²) in [6, 6.07) is 9.64. The summed E-state index contributed by atoms with van der Waals surface area (Å²) in [4.78, 5) is 16.1. The predicted molar refractivity (Wildman–Crippen MR) is 104 cm³/mol. The number of benzene rings is 1. The molecule has 0 bridgehead atoms. The lowest BCUT2D eigenvalue weighted by molar-refractivity contribution is -0.122. The fraction of sp³-hybridized carbons (Fsp3) is 0.158. The van der Waals surface area contributed by atoms with E-state index in [2.05, 4.69) is 20.6 Å². The standard InChI is InChI=1S/C19H16F3N7O/c1-28-15(10-25-27-28)13-5-6-29-16(9-23-17(29)8-13)12-3-2-4-14(7-12)26-18(30)24-11-19(20,21)22/h2-10H,11H2,1H3,(H2,24,26,30). The Morgan fingerprint density at radius 3 is 2.63 bits per heavy atom. The SMILES string of the molecule is Cn1nncc1-c1ccn2c(-c3cccc(NC(=O)NCC(F)(F)F)c3)cnc2c1. The van der Waals surface area contributed by atoms with Crippen LogP contribution in [0.15, 0.2) is 55.0 Å². The van der Waals surface area contributed by atoms with Crippen LogP contribution in [0.5, 0.6) is 0 Å². The topological polar surface area (TPSA) is 89.1 Å². The van der Waals surface area contributed by atoms with Crippen LogP contribution < -0.4 is 10.6 Å². The number of aryl methyl sites for hydroxylation is 1. The fourth-order valence-electron chi connectivity index (χ4n) is 3.02. The molecule has 2 N–H and O–H groups in total. The van der Waals surface area contributed by atoms with Crippen LogP contribution in [0.3, 0.4) is 0 Å². The maximum Gasteiger partial charge on any atom is 0.405 e. The quantitative estimate of drug-likeness (QED) is 0.534. The summed E-state index contributed by atoms with van der Waals surface area (Å²) in [6.07, 6.45) is 0.730. The predicted octanol–water partition coefficient (Wildman–Crippen LogP) is 3.48. The summed E-state index contributed by atoms with van der Waals surface area (Å²) in [7, 11) is 1.80. The monoisotopic (exact) mass is 415 g/mol. The van der Waals surface area contributed by atoms with Gasteiger partial charge in [0.1, 0.15) is 12.2 Å². The number of alkyl halides is 3. The van der Waals surface area contributed by atoms with Crippen LogP contribution in [-0.2, 0) is 7.05 Å². The van der Waals surface area contributed by atoms with Gasteiger partial charge in [0.2, 0.25) is 0 Å². The van der Waals surface area contributed by atoms with Crippen LogP contribution in [0.25, 0.3) is 28.2 Å². The maximum absolute atomic E-state index is 12.2. The zero-order valence-corrected chi connectivity index (χ0v) is 15.7. The maximum atomic E-state index is 12.2. The molecule has 0 aliphatic heterocycles. The van der Waals surface area contributed by atoms with Gasteiger partial charge >= 0.3 is 12.2 Å². The fourth-order valence-corrected chi connectivity index (χ4v) is 3.02. The number of carbonyl (C=O) groups is 1. The summed E-state index contributed by atoms with van der Waals surface area (Å²) < 4.78 is 40.2. The molecule has 8 nitrogen and oxygen atoms in total. The molecule has 0 fully saturated rings. The van der Waals surface area contributed by atoms with Crippen LogP contribution in [0, 0.1) is 0 Å². The van der Waals surface area contributed by atoms with E-state index in [4.69, 9.17) is 0 Å². The molecule has 0 saturated heterocycles. The zero-order chi connectivity index (χ0) is 21.3. The van der Waals surface area contributed by atoms with Crippen molar-refractivity contribution < 1.29 is 18.0 Å². The minimum atomic E-state index is -4.47. The van der Waals surface area contributed by atoms with Gasteiger partial charge in [0.25, 0.3) is 0 Å². The highest BCUT2D eigenvalue weighted by Gasteiger charge is 2.27. The Morgan fingerprint density at radius 2 is 1.90 bits per heavy atom. The molecule has 0 aliphatic carbocycles. The molecule has 4 aromatic rings. The molecule has 154 valence electrons. The van der Waals surface area contributed by atoms with Gasteiger partial charge in [-0.15, -0.1) is 5.10 Å². The van der Waals surface area contributed by atoms with Crippen molar-refractivity contribution in [2.24, 2.45) is 7.05 Å². The summed E-state index contributed by atoms with van der Waals surface area (Å²) in [5.41, 5.74) is 4.32. The number of fused-ring (bicyclic) bond motifs is 1. The van der Waals surface area contributed by atoms with Crippen LogP contribution in [0.2, 0.25) is 0 Å². The van der Waals surface area contributed by atoms with Crippen LogP contribution in [0.4, 0.5) is 23.7 Å². The first-order chi connectivity index (χ1) is 14.3. The van der Waals surface area contributed by atoms with Crippen molar-refractivity contribution in [3.05, 3.63) is 55.0 Å². The largest absolute Gasteiger partial charge is 0.405 e. The minimum Gasteiger partial charge on any atom is -0.329 e. The molecule has 3 heterocycles. The van der Waals surface area contributed by atoms with Gasteiger partial charge in [-0.1, -0.05) is 17.3 Å². The van der Waals surface area contributed by atoms with Crippen molar-refractivity contribution in [2.75, 3.05) is 11.9 Å². The number of aromatic nitrogens is 5. The number of nitrogens with zero attached hydrogens (tertiary/aromatic N) is 5. The van der Waals surface area contributed by atoms with Gasteiger partial charge in [-0.2, -0.15) is 13.2 Å². The number of pyridine rings is 1. The molecule has 0 atom stereocenters. The van der Waals surface area contributed by atoms with Gasteiger partial charge in [0.15, 0.2) is 0 Å². The Bertz CT molecular complexity index is 1210. The summed E-state index contributed by atoms with van der Waals surface area (Å²) in [5, 5.41) is 12.0. The van der Waals surface area contributed by atoms with Crippen molar-refractivity contribution in [3.63, 3.8) is 0 Å². The highest BCUT2D eigenvalue weighted by atomic mass is 19.4. The third-order valence-electron chi connectivity index (χ3n) is 4.39. The highest BCUT2D eigenvalue weighted by Crippen LogP contribution is 2.26. The van der Waals surface area contributed by atoms with Crippen LogP contribution in [0.1, 0.15) is 0 Å². The molecule has 11 heteroatoms. The van der Waals surface area contributed by atoms with Gasteiger partial charge in [-0.25, -0.2) is 14.5 Å². The van der Waals surface area contributed by atoms with E-state index in [0.717, 1.165) is 22.5 Å². The molecule has 3 aromatic heterocycles. The van der Waals surface area contributed by atoms with Gasteiger partial charge in [-0.3, -0.25) is 4.40 Å². The molecule has 0 saturated carbocycles. The Morgan fingerprint density at radius 1 is 1.10 bits per heavy atom. The third kappa shape index (κ3) is 4.09. The Kier molecular flexibility index (Phi) is 4.86. The number of hydrogen-bond acceptors (Lipinski definition) is 4. The smallest absolute Gasteiger partial charge is 0.329 e. The molecule has 30 heavy (non-hydrogen) atoms. The molecule has 1 aromatic carbocycles. The number of amides is 2. The molecule has 4 rings (SSSR count). The number of urea groups is 1. The molecule has 0 radical (unpaired) electrons. The molecule has 2 amide bonds. The molecular formula is C19H16F3N7O. The normalized spacial score (nSPS) is 11.6. The van der Waals surface area contributed by atoms with Crippen molar-refractivity contribution in [2.45, 2.75) is 6.18 Å². The average Bonchev–Trinajstić information content (AvgIpc) is 3.31. The first-order valence-corrected chi connectivity index (χ1v) is 8.84. The van der Waals surface area contributed by atoms with E-state index in [-0.39, 0.29) is 0 Å². The lowest BCUT2D eigenvalue weighted by atomic mass is 10.1. The van der Waals surface area contributed by atoms with E-state index in [0.29, 0.717) is 11.3 Å². The first kappa shape index (κ1) is 19.4. The van der Waals surface area contributed by atoms with Crippen LogP contribution in [-0.4, -0.2) is 43.1 Å². The molecular weight excluding hydrogens is 399 g/mol. The Balaban J connectivity index is 1.58. The summed E-state index contributed by atoms with van der Waals surface area (Å²) >= 11 is 0. The van der Waals surface area contributed by atoms with Gasteiger partial charge in [-0.05, 0) is 24.3 Å². The minimum absolute atomic E-state index is 0.361. The second kappa shape index (κ2) is 7.50. The van der Waals surface area contributed by atoms with Crippen molar-refractivity contribution >= 4 is 17.4 Å². The lowest BCUT2D eigenvalue weighted by Crippen LogP contribution is -2.36. The number of halogens is 3. The van der Waals surface area contributed by atoms with E-state index in [1.807, 2.05) is 28.8 Å². The Hall–Kier alpha value is -3.89. The zero-order valence-electron chi connectivity index (χ0n) is 15.7. The number of imidazole rings is 1. The van der Waals surface area contributed by atoms with E-state index >= 15 is 0 Å². The molecule has 0 aliphatic rings. The number of rotatable bonds is 4. The third-order valence-corrected chi connectivity index (χ3v) is 4.39. The van der Waals surface area contributed by atoms with E-state index in [1.54, 1.807) is 47.6 Å². The second-order valence-electron chi connectivity index (χ2n) is 6.53. The first-order valence-electron chi connectivity index (χ1n) is 8.84. The van der Waals surface area contributed by atoms with E-state index in [9.17, 15) is 18.0 Å². The van der Waals surface area contributed by atoms with E-state index < -0.39 is 18.8 Å². The lowest BCUT2D eigenvalue weighted by Gasteiger charge is -2.11. The number of carbonyl (C=O) groups excluding carboxylic acids is 1. The second-order valence-corrected chi connectivity index (χ2v) is 6.53. The van der Waals surface area contributed by atoms with Gasteiger partial charge < -0.3 is 10.6 Å². The van der Waals surface area contributed by atoms with Crippen molar-refractivity contribution in [1.29, 1.82) is 0 Å². The summed E-state index contributed by atoms with van der Waals surface area (Å²) in [6.45, 7) is -1.40. The molecule has 0 spiro atoms. The van der Waals surface area contributed by atoms with Crippen LogP contribution >= 0.6 is 0 Å². The Labute approximate surface area is 168 Å². The number of nitrogens with one attached hydrogen (secondary N) is 2. The van der Waals surface area contributed by atoms with Gasteiger partial charge in [0, 0.05) is 30.1 Å². The average molecular weight is 415 g/mol. The van der Waals surface area contributed by atoms with Crippen molar-refractivity contribution in [3.8, 4) is 22.5 Å².